The van der Waals surface area contributed by atoms with Gasteiger partial charge in [-0.15, -0.1) is 22.7 Å². The third kappa shape index (κ3) is 1.94. The molecule has 2 aromatic rings. The molecule has 0 aliphatic heterocycles. The molecule has 2 aromatic heterocycles. The highest BCUT2D eigenvalue weighted by atomic mass is 32.1. The number of carbonyl (C=O) groups is 1. The number of esters is 1. The average Bonchev–Trinajstić information content (AvgIpc) is 2.83. The molecule has 84 valence electrons. The number of anilines is 1. The summed E-state index contributed by atoms with van der Waals surface area (Å²) in [6, 6.07) is 1.78. The molecule has 0 saturated heterocycles. The van der Waals surface area contributed by atoms with Crippen LogP contribution in [-0.2, 0) is 4.74 Å². The van der Waals surface area contributed by atoms with Crippen LogP contribution in [0.15, 0.2) is 12.3 Å². The number of thiophene rings is 1. The number of nitrogens with zero attached hydrogens (tertiary/aromatic N) is 1. The van der Waals surface area contributed by atoms with Crippen LogP contribution < -0.4 is 5.73 Å². The zero-order chi connectivity index (χ0) is 11.7. The van der Waals surface area contributed by atoms with Crippen molar-refractivity contribution in [1.82, 2.24) is 4.98 Å². The molecule has 6 heteroatoms. The van der Waals surface area contributed by atoms with Crippen molar-refractivity contribution in [2.75, 3.05) is 12.8 Å². The Morgan fingerprint density at radius 3 is 2.75 bits per heavy atom. The molecule has 0 aliphatic carbocycles. The maximum absolute atomic E-state index is 11.4. The molecule has 0 atom stereocenters. The minimum absolute atomic E-state index is 0.394. The summed E-state index contributed by atoms with van der Waals surface area (Å²) in [4.78, 5) is 18.0. The maximum Gasteiger partial charge on any atom is 0.350 e. The Morgan fingerprint density at radius 1 is 1.44 bits per heavy atom. The number of aromatic nitrogens is 1. The fourth-order valence-electron chi connectivity index (χ4n) is 1.25. The first-order chi connectivity index (χ1) is 7.61. The Morgan fingerprint density at radius 2 is 2.19 bits per heavy atom. The SMILES string of the molecule is COC(=O)c1sc(-c2cnc(C)s2)cc1N. The largest absolute Gasteiger partial charge is 0.465 e. The minimum atomic E-state index is -0.394. The van der Waals surface area contributed by atoms with E-state index in [9.17, 15) is 4.79 Å². The van der Waals surface area contributed by atoms with Gasteiger partial charge in [-0.2, -0.15) is 0 Å². The molecule has 0 fully saturated rings. The molecule has 0 aliphatic rings. The van der Waals surface area contributed by atoms with Gasteiger partial charge in [-0.1, -0.05) is 0 Å². The summed E-state index contributed by atoms with van der Waals surface area (Å²) >= 11 is 2.90. The Bertz CT molecular complexity index is 531. The van der Waals surface area contributed by atoms with E-state index in [1.807, 2.05) is 6.92 Å². The van der Waals surface area contributed by atoms with Gasteiger partial charge in [-0.05, 0) is 13.0 Å². The number of methoxy groups -OCH3 is 1. The van der Waals surface area contributed by atoms with Crippen molar-refractivity contribution in [2.24, 2.45) is 0 Å². The van der Waals surface area contributed by atoms with Gasteiger partial charge in [0.05, 0.1) is 22.7 Å². The van der Waals surface area contributed by atoms with E-state index in [1.54, 1.807) is 23.6 Å². The van der Waals surface area contributed by atoms with Crippen LogP contribution in [-0.4, -0.2) is 18.1 Å². The number of nitrogens with two attached hydrogens (primary N) is 1. The van der Waals surface area contributed by atoms with E-state index in [0.29, 0.717) is 10.6 Å². The van der Waals surface area contributed by atoms with Crippen molar-refractivity contribution >= 4 is 34.3 Å². The molecule has 2 heterocycles. The van der Waals surface area contributed by atoms with Gasteiger partial charge in [0.2, 0.25) is 0 Å². The van der Waals surface area contributed by atoms with E-state index in [2.05, 4.69) is 9.72 Å². The molecule has 0 spiro atoms. The summed E-state index contributed by atoms with van der Waals surface area (Å²) in [5.74, 6) is -0.394. The number of rotatable bonds is 2. The van der Waals surface area contributed by atoms with Crippen molar-refractivity contribution in [3.8, 4) is 9.75 Å². The highest BCUT2D eigenvalue weighted by Gasteiger charge is 2.16. The molecule has 0 radical (unpaired) electrons. The van der Waals surface area contributed by atoms with Gasteiger partial charge in [0.25, 0.3) is 0 Å². The lowest BCUT2D eigenvalue weighted by Gasteiger charge is -1.94. The minimum Gasteiger partial charge on any atom is -0.465 e. The second-order valence-electron chi connectivity index (χ2n) is 3.13. The fourth-order valence-corrected chi connectivity index (χ4v) is 3.10. The number of carbonyl (C=O) groups excluding carboxylic acids is 1. The van der Waals surface area contributed by atoms with Crippen LogP contribution in [0.5, 0.6) is 0 Å². The van der Waals surface area contributed by atoms with Gasteiger partial charge in [-0.3, -0.25) is 0 Å². The predicted molar refractivity (Wildman–Crippen MR) is 65.9 cm³/mol. The maximum atomic E-state index is 11.4. The summed E-state index contributed by atoms with van der Waals surface area (Å²) in [5, 5.41) is 0.988. The summed E-state index contributed by atoms with van der Waals surface area (Å²) in [5.41, 5.74) is 6.21. The lowest BCUT2D eigenvalue weighted by atomic mass is 10.3. The number of hydrogen-bond donors (Lipinski definition) is 1. The van der Waals surface area contributed by atoms with Crippen LogP contribution in [0.2, 0.25) is 0 Å². The standard InChI is InChI=1S/C10H10N2O2S2/c1-5-12-4-8(15-5)7-3-6(11)9(16-7)10(13)14-2/h3-4H,11H2,1-2H3. The van der Waals surface area contributed by atoms with Crippen LogP contribution >= 0.6 is 22.7 Å². The van der Waals surface area contributed by atoms with E-state index in [4.69, 9.17) is 5.73 Å². The van der Waals surface area contributed by atoms with Crippen LogP contribution in [0.3, 0.4) is 0 Å². The number of nitrogen functional groups attached to an aromatic ring is 1. The van der Waals surface area contributed by atoms with E-state index >= 15 is 0 Å². The first kappa shape index (κ1) is 11.1. The van der Waals surface area contributed by atoms with Crippen molar-refractivity contribution < 1.29 is 9.53 Å². The Kier molecular flexibility index (Phi) is 2.93. The average molecular weight is 254 g/mol. The Labute approximate surface area is 101 Å². The van der Waals surface area contributed by atoms with Crippen molar-refractivity contribution in [1.29, 1.82) is 0 Å². The number of ether oxygens (including phenoxy) is 1. The molecule has 4 nitrogen and oxygen atoms in total. The Hall–Kier alpha value is -1.40. The van der Waals surface area contributed by atoms with Gasteiger partial charge in [-0.25, -0.2) is 9.78 Å². The van der Waals surface area contributed by atoms with E-state index in [1.165, 1.54) is 18.4 Å². The van der Waals surface area contributed by atoms with Crippen LogP contribution in [0, 0.1) is 6.92 Å². The van der Waals surface area contributed by atoms with Crippen LogP contribution in [0.4, 0.5) is 5.69 Å². The van der Waals surface area contributed by atoms with E-state index in [0.717, 1.165) is 14.8 Å². The molecule has 0 bridgehead atoms. The zero-order valence-electron chi connectivity index (χ0n) is 8.81. The smallest absolute Gasteiger partial charge is 0.350 e. The molecule has 2 N–H and O–H groups in total. The van der Waals surface area contributed by atoms with Gasteiger partial charge in [0.15, 0.2) is 0 Å². The first-order valence-corrected chi connectivity index (χ1v) is 6.15. The molecule has 0 aromatic carbocycles. The lowest BCUT2D eigenvalue weighted by Crippen LogP contribution is -2.00. The van der Waals surface area contributed by atoms with Crippen LogP contribution in [0.25, 0.3) is 9.75 Å². The van der Waals surface area contributed by atoms with Crippen molar-refractivity contribution in [2.45, 2.75) is 6.92 Å². The fraction of sp³-hybridized carbons (Fsp3) is 0.200. The molecule has 0 unspecified atom stereocenters. The summed E-state index contributed by atoms with van der Waals surface area (Å²) in [7, 11) is 1.35. The third-order valence-corrected chi connectivity index (χ3v) is 4.24. The first-order valence-electron chi connectivity index (χ1n) is 4.52. The number of aryl methyl sites for hydroxylation is 1. The van der Waals surface area contributed by atoms with Gasteiger partial charge in [0.1, 0.15) is 4.88 Å². The topological polar surface area (TPSA) is 65.2 Å². The Balaban J connectivity index is 2.41. The van der Waals surface area contributed by atoms with Crippen LogP contribution in [0.1, 0.15) is 14.7 Å². The van der Waals surface area contributed by atoms with Crippen molar-refractivity contribution in [3.63, 3.8) is 0 Å². The highest BCUT2D eigenvalue weighted by molar-refractivity contribution is 7.23. The lowest BCUT2D eigenvalue weighted by molar-refractivity contribution is 0.0607. The quantitative estimate of drug-likeness (QED) is 0.836. The number of thiazole rings is 1. The zero-order valence-corrected chi connectivity index (χ0v) is 10.4. The molecule has 16 heavy (non-hydrogen) atoms. The normalized spacial score (nSPS) is 10.4. The summed E-state index contributed by atoms with van der Waals surface area (Å²) in [6.45, 7) is 1.94. The van der Waals surface area contributed by atoms with E-state index < -0.39 is 5.97 Å². The molecule has 0 amide bonds. The second-order valence-corrected chi connectivity index (χ2v) is 5.42. The van der Waals surface area contributed by atoms with Gasteiger partial charge >= 0.3 is 5.97 Å². The monoisotopic (exact) mass is 254 g/mol. The summed E-state index contributed by atoms with van der Waals surface area (Å²) in [6.07, 6.45) is 1.78. The van der Waals surface area contributed by atoms with Crippen molar-refractivity contribution in [3.05, 3.63) is 22.1 Å². The molecule has 2 rings (SSSR count). The molecular formula is C10H10N2O2S2. The van der Waals surface area contributed by atoms with E-state index in [-0.39, 0.29) is 0 Å². The summed E-state index contributed by atoms with van der Waals surface area (Å²) < 4.78 is 4.65. The second kappa shape index (κ2) is 4.23. The number of hydrogen-bond acceptors (Lipinski definition) is 6. The molecule has 0 saturated carbocycles. The third-order valence-electron chi connectivity index (χ3n) is 2.00. The highest BCUT2D eigenvalue weighted by Crippen LogP contribution is 2.36. The predicted octanol–water partition coefficient (Wildman–Crippen LogP) is 2.55. The van der Waals surface area contributed by atoms with Gasteiger partial charge < -0.3 is 10.5 Å². The molecular weight excluding hydrogens is 244 g/mol. The van der Waals surface area contributed by atoms with Gasteiger partial charge in [0, 0.05) is 11.1 Å².